The minimum Gasteiger partial charge on any atom is -0.482 e. The third-order valence-electron chi connectivity index (χ3n) is 2.02. The highest BCUT2D eigenvalue weighted by molar-refractivity contribution is 5.88. The van der Waals surface area contributed by atoms with E-state index in [0.717, 1.165) is 0 Å². The molecular formula is C13H16O5. The zero-order valence-electron chi connectivity index (χ0n) is 10.4. The second-order valence-electron chi connectivity index (χ2n) is 4.20. The standard InChI is InChI=1S/C13H16O5/c1-9(2)7-18-12(14)8-17-11-5-3-4-10(6-11)13(15)16/h3-6,9H,7-8H2,1-2H3,(H,15,16). The zero-order valence-corrected chi connectivity index (χ0v) is 10.4. The fourth-order valence-electron chi connectivity index (χ4n) is 1.16. The number of esters is 1. The summed E-state index contributed by atoms with van der Waals surface area (Å²) in [6.07, 6.45) is 0. The van der Waals surface area contributed by atoms with Crippen LogP contribution in [0.4, 0.5) is 0 Å². The molecule has 5 heteroatoms. The molecule has 0 aromatic heterocycles. The predicted molar refractivity (Wildman–Crippen MR) is 64.7 cm³/mol. The lowest BCUT2D eigenvalue weighted by molar-refractivity contribution is -0.147. The van der Waals surface area contributed by atoms with Crippen LogP contribution in [0.5, 0.6) is 5.75 Å². The normalized spacial score (nSPS) is 10.2. The highest BCUT2D eigenvalue weighted by atomic mass is 16.6. The van der Waals surface area contributed by atoms with Crippen molar-refractivity contribution < 1.29 is 24.2 Å². The van der Waals surface area contributed by atoms with Crippen LogP contribution < -0.4 is 4.74 Å². The lowest BCUT2D eigenvalue weighted by atomic mass is 10.2. The van der Waals surface area contributed by atoms with Gasteiger partial charge in [0.05, 0.1) is 12.2 Å². The van der Waals surface area contributed by atoms with E-state index in [1.807, 2.05) is 13.8 Å². The highest BCUT2D eigenvalue weighted by Gasteiger charge is 2.07. The van der Waals surface area contributed by atoms with E-state index in [1.54, 1.807) is 12.1 Å². The Labute approximate surface area is 105 Å². The van der Waals surface area contributed by atoms with E-state index in [9.17, 15) is 9.59 Å². The summed E-state index contributed by atoms with van der Waals surface area (Å²) in [5.41, 5.74) is 0.114. The molecule has 0 aliphatic rings. The molecule has 0 unspecified atom stereocenters. The molecular weight excluding hydrogens is 236 g/mol. The highest BCUT2D eigenvalue weighted by Crippen LogP contribution is 2.13. The third kappa shape index (κ3) is 4.86. The first-order valence-corrected chi connectivity index (χ1v) is 5.61. The van der Waals surface area contributed by atoms with Crippen molar-refractivity contribution in [2.24, 2.45) is 5.92 Å². The Morgan fingerprint density at radius 2 is 2.06 bits per heavy atom. The molecule has 0 aliphatic carbocycles. The fraction of sp³-hybridized carbons (Fsp3) is 0.385. The molecule has 0 saturated carbocycles. The van der Waals surface area contributed by atoms with Crippen LogP contribution in [-0.2, 0) is 9.53 Å². The summed E-state index contributed by atoms with van der Waals surface area (Å²) in [5.74, 6) is -0.909. The number of aromatic carboxylic acids is 1. The molecule has 0 atom stereocenters. The van der Waals surface area contributed by atoms with Gasteiger partial charge in [0.15, 0.2) is 6.61 Å². The van der Waals surface area contributed by atoms with Crippen molar-refractivity contribution >= 4 is 11.9 Å². The van der Waals surface area contributed by atoms with Gasteiger partial charge in [-0.25, -0.2) is 9.59 Å². The largest absolute Gasteiger partial charge is 0.482 e. The maximum absolute atomic E-state index is 11.3. The molecule has 0 fully saturated rings. The average molecular weight is 252 g/mol. The molecule has 98 valence electrons. The molecule has 1 aromatic rings. The van der Waals surface area contributed by atoms with Gasteiger partial charge in [0.2, 0.25) is 0 Å². The molecule has 0 heterocycles. The van der Waals surface area contributed by atoms with Crippen molar-refractivity contribution in [2.75, 3.05) is 13.2 Å². The number of ether oxygens (including phenoxy) is 2. The Kier molecular flexibility index (Phi) is 5.17. The molecule has 1 aromatic carbocycles. The molecule has 0 spiro atoms. The summed E-state index contributed by atoms with van der Waals surface area (Å²) in [4.78, 5) is 22.0. The van der Waals surface area contributed by atoms with Crippen molar-refractivity contribution in [3.8, 4) is 5.75 Å². The molecule has 1 rings (SSSR count). The Balaban J connectivity index is 2.46. The molecule has 0 aliphatic heterocycles. The van der Waals surface area contributed by atoms with Crippen LogP contribution in [0, 0.1) is 5.92 Å². The summed E-state index contributed by atoms with van der Waals surface area (Å²) in [6, 6.07) is 5.95. The van der Waals surface area contributed by atoms with Gasteiger partial charge in [-0.15, -0.1) is 0 Å². The Bertz CT molecular complexity index is 425. The molecule has 5 nitrogen and oxygen atoms in total. The Hall–Kier alpha value is -2.04. The van der Waals surface area contributed by atoms with E-state index in [4.69, 9.17) is 14.6 Å². The molecule has 18 heavy (non-hydrogen) atoms. The van der Waals surface area contributed by atoms with Crippen molar-refractivity contribution in [3.63, 3.8) is 0 Å². The number of carboxylic acids is 1. The number of carboxylic acid groups (broad SMARTS) is 1. The first-order valence-electron chi connectivity index (χ1n) is 5.61. The second kappa shape index (κ2) is 6.64. The van der Waals surface area contributed by atoms with Crippen LogP contribution >= 0.6 is 0 Å². The van der Waals surface area contributed by atoms with Crippen LogP contribution in [0.2, 0.25) is 0 Å². The maximum Gasteiger partial charge on any atom is 0.344 e. The number of hydrogen-bond acceptors (Lipinski definition) is 4. The van der Waals surface area contributed by atoms with Crippen LogP contribution in [0.15, 0.2) is 24.3 Å². The van der Waals surface area contributed by atoms with Crippen LogP contribution in [0.3, 0.4) is 0 Å². The van der Waals surface area contributed by atoms with Crippen LogP contribution in [0.25, 0.3) is 0 Å². The number of rotatable bonds is 6. The number of hydrogen-bond donors (Lipinski definition) is 1. The number of carbonyl (C=O) groups is 2. The van der Waals surface area contributed by atoms with Gasteiger partial charge in [-0.1, -0.05) is 19.9 Å². The molecule has 1 N–H and O–H groups in total. The second-order valence-corrected chi connectivity index (χ2v) is 4.20. The quantitative estimate of drug-likeness (QED) is 0.783. The molecule has 0 amide bonds. The predicted octanol–water partition coefficient (Wildman–Crippen LogP) is 1.96. The average Bonchev–Trinajstić information content (AvgIpc) is 2.34. The minimum absolute atomic E-state index is 0.114. The summed E-state index contributed by atoms with van der Waals surface area (Å²) in [5, 5.41) is 8.78. The van der Waals surface area contributed by atoms with E-state index in [-0.39, 0.29) is 18.1 Å². The van der Waals surface area contributed by atoms with Crippen molar-refractivity contribution in [3.05, 3.63) is 29.8 Å². The van der Waals surface area contributed by atoms with Gasteiger partial charge in [-0.05, 0) is 24.1 Å². The van der Waals surface area contributed by atoms with Crippen LogP contribution in [-0.4, -0.2) is 30.3 Å². The van der Waals surface area contributed by atoms with Gasteiger partial charge in [0, 0.05) is 0 Å². The van der Waals surface area contributed by atoms with Gasteiger partial charge in [0.25, 0.3) is 0 Å². The minimum atomic E-state index is -1.04. The van der Waals surface area contributed by atoms with Crippen molar-refractivity contribution in [2.45, 2.75) is 13.8 Å². The SMILES string of the molecule is CC(C)COC(=O)COc1cccc(C(=O)O)c1. The van der Waals surface area contributed by atoms with Gasteiger partial charge in [-0.2, -0.15) is 0 Å². The third-order valence-corrected chi connectivity index (χ3v) is 2.02. The smallest absolute Gasteiger partial charge is 0.344 e. The van der Waals surface area contributed by atoms with E-state index in [0.29, 0.717) is 12.4 Å². The van der Waals surface area contributed by atoms with Gasteiger partial charge in [0.1, 0.15) is 5.75 Å². The molecule has 0 bridgehead atoms. The van der Waals surface area contributed by atoms with Gasteiger partial charge in [-0.3, -0.25) is 0 Å². The summed E-state index contributed by atoms with van der Waals surface area (Å²) < 4.78 is 10.1. The van der Waals surface area contributed by atoms with Crippen molar-refractivity contribution in [1.82, 2.24) is 0 Å². The zero-order chi connectivity index (χ0) is 13.5. The van der Waals surface area contributed by atoms with E-state index >= 15 is 0 Å². The molecule has 0 radical (unpaired) electrons. The summed E-state index contributed by atoms with van der Waals surface area (Å²) in [7, 11) is 0. The Morgan fingerprint density at radius 3 is 2.67 bits per heavy atom. The number of carbonyl (C=O) groups excluding carboxylic acids is 1. The van der Waals surface area contributed by atoms with E-state index < -0.39 is 11.9 Å². The lowest BCUT2D eigenvalue weighted by Gasteiger charge is -2.08. The fourth-order valence-corrected chi connectivity index (χ4v) is 1.16. The first kappa shape index (κ1) is 14.0. The first-order chi connectivity index (χ1) is 8.49. The van der Waals surface area contributed by atoms with Gasteiger partial charge < -0.3 is 14.6 Å². The monoisotopic (exact) mass is 252 g/mol. The summed E-state index contributed by atoms with van der Waals surface area (Å²) in [6.45, 7) is 3.99. The topological polar surface area (TPSA) is 72.8 Å². The van der Waals surface area contributed by atoms with E-state index in [2.05, 4.69) is 0 Å². The van der Waals surface area contributed by atoms with Gasteiger partial charge >= 0.3 is 11.9 Å². The maximum atomic E-state index is 11.3. The lowest BCUT2D eigenvalue weighted by Crippen LogP contribution is -2.17. The molecule has 0 saturated heterocycles. The van der Waals surface area contributed by atoms with E-state index in [1.165, 1.54) is 12.1 Å². The Morgan fingerprint density at radius 1 is 1.33 bits per heavy atom. The summed E-state index contributed by atoms with van der Waals surface area (Å²) >= 11 is 0. The van der Waals surface area contributed by atoms with Crippen molar-refractivity contribution in [1.29, 1.82) is 0 Å². The number of benzene rings is 1. The van der Waals surface area contributed by atoms with Crippen LogP contribution in [0.1, 0.15) is 24.2 Å².